The van der Waals surface area contributed by atoms with Crippen molar-refractivity contribution in [2.75, 3.05) is 13.1 Å². The van der Waals surface area contributed by atoms with Gasteiger partial charge in [-0.05, 0) is 38.5 Å². The van der Waals surface area contributed by atoms with Crippen molar-refractivity contribution in [1.82, 2.24) is 10.6 Å². The van der Waals surface area contributed by atoms with Crippen LogP contribution in [0.4, 0.5) is 0 Å². The van der Waals surface area contributed by atoms with Crippen molar-refractivity contribution in [2.45, 2.75) is 45.8 Å². The van der Waals surface area contributed by atoms with E-state index in [1.165, 1.54) is 9.75 Å². The van der Waals surface area contributed by atoms with Gasteiger partial charge < -0.3 is 15.7 Å². The lowest BCUT2D eigenvalue weighted by atomic mass is 10.1. The van der Waals surface area contributed by atoms with E-state index < -0.39 is 6.10 Å². The summed E-state index contributed by atoms with van der Waals surface area (Å²) in [5.41, 5.74) is 1.13. The van der Waals surface area contributed by atoms with Crippen LogP contribution in [0.25, 0.3) is 0 Å². The molecule has 0 saturated heterocycles. The minimum absolute atomic E-state index is 0.280. The molecule has 0 saturated carbocycles. The summed E-state index contributed by atoms with van der Waals surface area (Å²) < 4.78 is 0. The second-order valence-electron chi connectivity index (χ2n) is 6.33. The third kappa shape index (κ3) is 7.28. The van der Waals surface area contributed by atoms with Gasteiger partial charge in [0.05, 0.1) is 12.6 Å². The number of thiophene rings is 1. The minimum Gasteiger partial charge on any atom is -0.391 e. The lowest BCUT2D eigenvalue weighted by molar-refractivity contribution is 0.183. The lowest BCUT2D eigenvalue weighted by Crippen LogP contribution is -2.43. The van der Waals surface area contributed by atoms with Gasteiger partial charge >= 0.3 is 0 Å². The molecule has 0 amide bonds. The second kappa shape index (κ2) is 10.2. The highest BCUT2D eigenvalue weighted by atomic mass is 32.1. The number of nitrogens with one attached hydrogen (secondary N) is 2. The molecule has 0 aliphatic rings. The van der Waals surface area contributed by atoms with E-state index in [1.54, 1.807) is 0 Å². The summed E-state index contributed by atoms with van der Waals surface area (Å²) in [7, 11) is 0. The number of aliphatic hydroxyl groups is 1. The van der Waals surface area contributed by atoms with Crippen molar-refractivity contribution in [2.24, 2.45) is 4.99 Å². The Labute approximate surface area is 155 Å². The average Bonchev–Trinajstić information content (AvgIpc) is 2.98. The van der Waals surface area contributed by atoms with Gasteiger partial charge in [0.2, 0.25) is 0 Å². The standard InChI is InChI=1S/C20H29N3OS/c1-4-21-20(23-15(2)12-19-11-10-16(3)25-19)22-14-18(24)13-17-8-6-5-7-9-17/h5-11,15,18,24H,4,12-14H2,1-3H3,(H2,21,22,23). The molecule has 0 bridgehead atoms. The van der Waals surface area contributed by atoms with E-state index in [2.05, 4.69) is 41.6 Å². The second-order valence-corrected chi connectivity index (χ2v) is 7.70. The van der Waals surface area contributed by atoms with Gasteiger partial charge in [-0.2, -0.15) is 0 Å². The zero-order valence-electron chi connectivity index (χ0n) is 15.3. The Balaban J connectivity index is 1.86. The zero-order valence-corrected chi connectivity index (χ0v) is 16.1. The minimum atomic E-state index is -0.479. The van der Waals surface area contributed by atoms with E-state index in [9.17, 15) is 5.11 Å². The molecule has 0 aliphatic carbocycles. The predicted octanol–water partition coefficient (Wildman–Crippen LogP) is 3.15. The van der Waals surface area contributed by atoms with Crippen molar-refractivity contribution < 1.29 is 5.11 Å². The number of nitrogens with zero attached hydrogens (tertiary/aromatic N) is 1. The fourth-order valence-corrected chi connectivity index (χ4v) is 3.67. The summed E-state index contributed by atoms with van der Waals surface area (Å²) in [6.45, 7) is 7.51. The largest absolute Gasteiger partial charge is 0.391 e. The van der Waals surface area contributed by atoms with Crippen molar-refractivity contribution in [3.63, 3.8) is 0 Å². The van der Waals surface area contributed by atoms with Crippen LogP contribution in [-0.4, -0.2) is 36.3 Å². The maximum absolute atomic E-state index is 10.2. The van der Waals surface area contributed by atoms with E-state index in [0.717, 1.165) is 24.5 Å². The first kappa shape index (κ1) is 19.5. The van der Waals surface area contributed by atoms with E-state index in [1.807, 2.05) is 48.6 Å². The van der Waals surface area contributed by atoms with Gasteiger partial charge in [0.15, 0.2) is 5.96 Å². The zero-order chi connectivity index (χ0) is 18.1. The van der Waals surface area contributed by atoms with Crippen LogP contribution in [-0.2, 0) is 12.8 Å². The van der Waals surface area contributed by atoms with Gasteiger partial charge in [0.1, 0.15) is 0 Å². The molecule has 4 nitrogen and oxygen atoms in total. The van der Waals surface area contributed by atoms with Crippen molar-refractivity contribution in [3.05, 3.63) is 57.8 Å². The Morgan fingerprint density at radius 2 is 1.92 bits per heavy atom. The number of aliphatic hydroxyl groups excluding tert-OH is 1. The van der Waals surface area contributed by atoms with Crippen LogP contribution in [0.2, 0.25) is 0 Å². The van der Waals surface area contributed by atoms with Gasteiger partial charge in [-0.1, -0.05) is 30.3 Å². The van der Waals surface area contributed by atoms with Crippen LogP contribution in [0.3, 0.4) is 0 Å². The average molecular weight is 360 g/mol. The summed E-state index contributed by atoms with van der Waals surface area (Å²) in [4.78, 5) is 7.26. The molecular weight excluding hydrogens is 330 g/mol. The summed E-state index contributed by atoms with van der Waals surface area (Å²) in [5, 5.41) is 16.9. The van der Waals surface area contributed by atoms with Crippen LogP contribution in [0.15, 0.2) is 47.5 Å². The highest BCUT2D eigenvalue weighted by Gasteiger charge is 2.09. The smallest absolute Gasteiger partial charge is 0.191 e. The summed E-state index contributed by atoms with van der Waals surface area (Å²) in [5.74, 6) is 0.760. The van der Waals surface area contributed by atoms with E-state index in [0.29, 0.717) is 13.0 Å². The quantitative estimate of drug-likeness (QED) is 0.501. The van der Waals surface area contributed by atoms with Crippen LogP contribution in [0.1, 0.15) is 29.2 Å². The van der Waals surface area contributed by atoms with Crippen molar-refractivity contribution in [1.29, 1.82) is 0 Å². The molecule has 1 heterocycles. The molecule has 2 rings (SSSR count). The summed E-state index contributed by atoms with van der Waals surface area (Å²) >= 11 is 1.84. The SMILES string of the molecule is CCNC(=NCC(O)Cc1ccccc1)NC(C)Cc1ccc(C)s1. The number of hydrogen-bond acceptors (Lipinski definition) is 3. The molecule has 0 aliphatic heterocycles. The van der Waals surface area contributed by atoms with E-state index in [4.69, 9.17) is 0 Å². The van der Waals surface area contributed by atoms with Crippen molar-refractivity contribution in [3.8, 4) is 0 Å². The number of rotatable bonds is 8. The number of guanidine groups is 1. The number of hydrogen-bond donors (Lipinski definition) is 3. The van der Waals surface area contributed by atoms with Crippen LogP contribution in [0, 0.1) is 6.92 Å². The van der Waals surface area contributed by atoms with Gasteiger partial charge in [-0.3, -0.25) is 4.99 Å². The molecule has 3 N–H and O–H groups in total. The maximum Gasteiger partial charge on any atom is 0.191 e. The first-order chi connectivity index (χ1) is 12.1. The molecule has 2 aromatic rings. The van der Waals surface area contributed by atoms with Crippen molar-refractivity contribution >= 4 is 17.3 Å². The molecule has 0 radical (unpaired) electrons. The van der Waals surface area contributed by atoms with Gasteiger partial charge in [0.25, 0.3) is 0 Å². The molecule has 1 aromatic carbocycles. The number of aryl methyl sites for hydroxylation is 1. The maximum atomic E-state index is 10.2. The molecule has 5 heteroatoms. The Morgan fingerprint density at radius 1 is 1.16 bits per heavy atom. The van der Waals surface area contributed by atoms with Crippen LogP contribution < -0.4 is 10.6 Å². The molecule has 136 valence electrons. The van der Waals surface area contributed by atoms with Crippen LogP contribution in [0.5, 0.6) is 0 Å². The van der Waals surface area contributed by atoms with Gasteiger partial charge in [0, 0.05) is 35.2 Å². The number of aliphatic imine (C=N–C) groups is 1. The molecule has 2 atom stereocenters. The number of benzene rings is 1. The van der Waals surface area contributed by atoms with Gasteiger partial charge in [-0.15, -0.1) is 11.3 Å². The highest BCUT2D eigenvalue weighted by Crippen LogP contribution is 2.16. The molecule has 0 spiro atoms. The Morgan fingerprint density at radius 3 is 2.56 bits per heavy atom. The fraction of sp³-hybridized carbons (Fsp3) is 0.450. The molecule has 2 unspecified atom stereocenters. The van der Waals surface area contributed by atoms with Gasteiger partial charge in [-0.25, -0.2) is 0 Å². The third-order valence-electron chi connectivity index (χ3n) is 3.81. The summed E-state index contributed by atoms with van der Waals surface area (Å²) in [6, 6.07) is 14.6. The topological polar surface area (TPSA) is 56.7 Å². The van der Waals surface area contributed by atoms with E-state index >= 15 is 0 Å². The molecular formula is C20H29N3OS. The Bertz CT molecular complexity index is 654. The Kier molecular flexibility index (Phi) is 7.95. The first-order valence-corrected chi connectivity index (χ1v) is 9.70. The lowest BCUT2D eigenvalue weighted by Gasteiger charge is -2.18. The summed E-state index contributed by atoms with van der Waals surface area (Å²) in [6.07, 6.45) is 1.11. The predicted molar refractivity (Wildman–Crippen MR) is 107 cm³/mol. The van der Waals surface area contributed by atoms with Crippen LogP contribution >= 0.6 is 11.3 Å². The fourth-order valence-electron chi connectivity index (χ4n) is 2.65. The molecule has 0 fully saturated rings. The van der Waals surface area contributed by atoms with E-state index in [-0.39, 0.29) is 6.04 Å². The molecule has 25 heavy (non-hydrogen) atoms. The molecule has 1 aromatic heterocycles. The first-order valence-electron chi connectivity index (χ1n) is 8.89. The highest BCUT2D eigenvalue weighted by molar-refractivity contribution is 7.11. The normalized spacial score (nSPS) is 14.2. The third-order valence-corrected chi connectivity index (χ3v) is 4.83. The monoisotopic (exact) mass is 359 g/mol. The Hall–Kier alpha value is -1.85.